The fourth-order valence-electron chi connectivity index (χ4n) is 4.40. The summed E-state index contributed by atoms with van der Waals surface area (Å²) in [6.45, 7) is 3.70. The summed E-state index contributed by atoms with van der Waals surface area (Å²) in [5.41, 5.74) is 7.93. The van der Waals surface area contributed by atoms with Crippen molar-refractivity contribution in [2.24, 2.45) is 11.7 Å². The molecule has 0 fully saturated rings. The number of H-pyrrole nitrogens is 1. The van der Waals surface area contributed by atoms with Crippen LogP contribution in [0.3, 0.4) is 0 Å². The minimum absolute atomic E-state index is 0.0237. The Morgan fingerprint density at radius 2 is 1.26 bits per heavy atom. The van der Waals surface area contributed by atoms with Crippen molar-refractivity contribution in [1.82, 2.24) is 25.9 Å². The van der Waals surface area contributed by atoms with Gasteiger partial charge in [-0.25, -0.2) is 9.78 Å². The first-order valence-electron chi connectivity index (χ1n) is 13.8. The van der Waals surface area contributed by atoms with Gasteiger partial charge in [-0.1, -0.05) is 38.1 Å². The number of nitrogens with one attached hydrogen (secondary N) is 4. The van der Waals surface area contributed by atoms with E-state index in [1.807, 2.05) is 13.8 Å². The number of hydrogen-bond acceptors (Lipinski definition) is 8. The van der Waals surface area contributed by atoms with Crippen LogP contribution in [0.25, 0.3) is 0 Å². The number of carbonyl (C=O) groups is 4. The van der Waals surface area contributed by atoms with Crippen LogP contribution < -0.4 is 21.7 Å². The Kier molecular flexibility index (Phi) is 11.6. The van der Waals surface area contributed by atoms with E-state index in [-0.39, 0.29) is 43.1 Å². The SMILES string of the molecule is CC(C)CC(NC(=O)C(Cc1ccc(O)cc1)NC(=O)C(N)Cc1cnc[nH]1)C(=O)NC(Cc1ccc(O)cc1)C(=O)O. The predicted octanol–water partition coefficient (Wildman–Crippen LogP) is 0.761. The van der Waals surface area contributed by atoms with Gasteiger partial charge in [0.1, 0.15) is 29.6 Å². The van der Waals surface area contributed by atoms with Crippen molar-refractivity contribution in [3.63, 3.8) is 0 Å². The topological polar surface area (TPSA) is 220 Å². The fraction of sp³-hybridized carbons (Fsp3) is 0.367. The molecule has 13 heteroatoms. The Morgan fingerprint density at radius 3 is 1.74 bits per heavy atom. The zero-order valence-electron chi connectivity index (χ0n) is 24.0. The fourth-order valence-corrected chi connectivity index (χ4v) is 4.40. The van der Waals surface area contributed by atoms with Crippen LogP contribution >= 0.6 is 0 Å². The first-order chi connectivity index (χ1) is 20.4. The molecule has 1 heterocycles. The molecule has 4 unspecified atom stereocenters. The number of nitrogens with zero attached hydrogens (tertiary/aromatic N) is 1. The van der Waals surface area contributed by atoms with Gasteiger partial charge >= 0.3 is 5.97 Å². The van der Waals surface area contributed by atoms with E-state index in [2.05, 4.69) is 25.9 Å². The number of aromatic nitrogens is 2. The molecule has 0 aliphatic carbocycles. The summed E-state index contributed by atoms with van der Waals surface area (Å²) in [6.07, 6.45) is 3.33. The summed E-state index contributed by atoms with van der Waals surface area (Å²) >= 11 is 0. The Morgan fingerprint density at radius 1 is 0.767 bits per heavy atom. The number of carboxylic acids is 1. The lowest BCUT2D eigenvalue weighted by atomic mass is 9.99. The minimum Gasteiger partial charge on any atom is -0.508 e. The summed E-state index contributed by atoms with van der Waals surface area (Å²) in [6, 6.07) is 7.51. The van der Waals surface area contributed by atoms with Crippen molar-refractivity contribution in [3.05, 3.63) is 77.9 Å². The molecule has 230 valence electrons. The second kappa shape index (κ2) is 15.4. The molecular formula is C30H38N6O7. The quantitative estimate of drug-likeness (QED) is 0.124. The third-order valence-electron chi connectivity index (χ3n) is 6.67. The number of carbonyl (C=O) groups excluding carboxylic acids is 3. The maximum absolute atomic E-state index is 13.6. The van der Waals surface area contributed by atoms with Crippen LogP contribution in [0.15, 0.2) is 61.1 Å². The zero-order valence-corrected chi connectivity index (χ0v) is 24.0. The zero-order chi connectivity index (χ0) is 31.5. The Balaban J connectivity index is 1.77. The number of imidazole rings is 1. The number of nitrogens with two attached hydrogens (primary N) is 1. The largest absolute Gasteiger partial charge is 0.508 e. The number of aromatic amines is 1. The highest BCUT2D eigenvalue weighted by Gasteiger charge is 2.31. The van der Waals surface area contributed by atoms with Crippen LogP contribution in [-0.2, 0) is 38.4 Å². The molecule has 9 N–H and O–H groups in total. The summed E-state index contributed by atoms with van der Waals surface area (Å²) in [7, 11) is 0. The van der Waals surface area contributed by atoms with Gasteiger partial charge in [-0.15, -0.1) is 0 Å². The number of rotatable bonds is 15. The maximum atomic E-state index is 13.6. The number of benzene rings is 2. The second-order valence-corrected chi connectivity index (χ2v) is 10.8. The summed E-state index contributed by atoms with van der Waals surface area (Å²) in [4.78, 5) is 58.6. The average Bonchev–Trinajstić information content (AvgIpc) is 3.46. The van der Waals surface area contributed by atoms with Crippen LogP contribution in [0.4, 0.5) is 0 Å². The Hall–Kier alpha value is -4.91. The molecule has 0 aliphatic heterocycles. The van der Waals surface area contributed by atoms with Gasteiger partial charge in [0, 0.05) is 31.2 Å². The first-order valence-corrected chi connectivity index (χ1v) is 13.8. The third kappa shape index (κ3) is 10.5. The van der Waals surface area contributed by atoms with Gasteiger partial charge < -0.3 is 42.0 Å². The summed E-state index contributed by atoms with van der Waals surface area (Å²) in [5, 5.41) is 36.8. The Bertz CT molecular complexity index is 1360. The highest BCUT2D eigenvalue weighted by molar-refractivity contribution is 5.94. The van der Waals surface area contributed by atoms with Crippen molar-refractivity contribution in [2.75, 3.05) is 0 Å². The molecule has 0 aliphatic rings. The van der Waals surface area contributed by atoms with Crippen molar-refractivity contribution in [2.45, 2.75) is 63.7 Å². The van der Waals surface area contributed by atoms with E-state index >= 15 is 0 Å². The number of carboxylic acid groups (broad SMARTS) is 1. The van der Waals surface area contributed by atoms with Crippen molar-refractivity contribution in [1.29, 1.82) is 0 Å². The van der Waals surface area contributed by atoms with E-state index in [1.165, 1.54) is 36.8 Å². The third-order valence-corrected chi connectivity index (χ3v) is 6.67. The molecule has 3 aromatic rings. The van der Waals surface area contributed by atoms with E-state index in [9.17, 15) is 34.5 Å². The molecule has 0 saturated carbocycles. The monoisotopic (exact) mass is 594 g/mol. The van der Waals surface area contributed by atoms with Gasteiger partial charge in [-0.3, -0.25) is 14.4 Å². The van der Waals surface area contributed by atoms with E-state index < -0.39 is 47.9 Å². The molecule has 43 heavy (non-hydrogen) atoms. The summed E-state index contributed by atoms with van der Waals surface area (Å²) in [5.74, 6) is -3.22. The number of aromatic hydroxyl groups is 2. The van der Waals surface area contributed by atoms with E-state index in [0.29, 0.717) is 16.8 Å². The molecule has 3 amide bonds. The van der Waals surface area contributed by atoms with Gasteiger partial charge in [0.05, 0.1) is 12.4 Å². The van der Waals surface area contributed by atoms with Crippen molar-refractivity contribution >= 4 is 23.7 Å². The predicted molar refractivity (Wildman–Crippen MR) is 157 cm³/mol. The van der Waals surface area contributed by atoms with E-state index in [4.69, 9.17) is 5.73 Å². The van der Waals surface area contributed by atoms with Gasteiger partial charge in [-0.05, 0) is 47.7 Å². The summed E-state index contributed by atoms with van der Waals surface area (Å²) < 4.78 is 0. The average molecular weight is 595 g/mol. The molecule has 13 nitrogen and oxygen atoms in total. The van der Waals surface area contributed by atoms with Crippen LogP contribution in [0.1, 0.15) is 37.1 Å². The molecule has 0 radical (unpaired) electrons. The smallest absolute Gasteiger partial charge is 0.326 e. The molecule has 2 aromatic carbocycles. The Labute approximate surface area is 248 Å². The van der Waals surface area contributed by atoms with Crippen LogP contribution in [0, 0.1) is 5.92 Å². The van der Waals surface area contributed by atoms with E-state index in [1.54, 1.807) is 24.3 Å². The molecule has 0 bridgehead atoms. The van der Waals surface area contributed by atoms with Crippen LogP contribution in [-0.4, -0.2) is 73.1 Å². The number of amides is 3. The van der Waals surface area contributed by atoms with Gasteiger partial charge in [-0.2, -0.15) is 0 Å². The van der Waals surface area contributed by atoms with Crippen LogP contribution in [0.5, 0.6) is 11.5 Å². The molecule has 3 rings (SSSR count). The first kappa shape index (κ1) is 32.6. The normalized spacial score (nSPS) is 13.9. The molecular weight excluding hydrogens is 556 g/mol. The van der Waals surface area contributed by atoms with Gasteiger partial charge in [0.25, 0.3) is 0 Å². The number of phenols is 2. The standard InChI is InChI=1S/C30H38N6O7/c1-17(2)11-24(28(40)36-26(30(42)43)13-19-5-9-22(38)10-6-19)35-29(41)25(12-18-3-7-21(37)8-4-18)34-27(39)23(31)14-20-15-32-16-33-20/h3-10,15-17,23-26,37-38H,11-14,31H2,1-2H3,(H,32,33)(H,34,39)(H,35,41)(H,36,40)(H,42,43). The van der Waals surface area contributed by atoms with Gasteiger partial charge in [0.2, 0.25) is 17.7 Å². The lowest BCUT2D eigenvalue weighted by molar-refractivity contribution is -0.142. The second-order valence-electron chi connectivity index (χ2n) is 10.8. The highest BCUT2D eigenvalue weighted by Crippen LogP contribution is 2.14. The number of aliphatic carboxylic acids is 1. The molecule has 4 atom stereocenters. The minimum atomic E-state index is -1.29. The van der Waals surface area contributed by atoms with Crippen LogP contribution in [0.2, 0.25) is 0 Å². The molecule has 1 aromatic heterocycles. The van der Waals surface area contributed by atoms with Crippen molar-refractivity contribution < 1.29 is 34.5 Å². The highest BCUT2D eigenvalue weighted by atomic mass is 16.4. The lowest BCUT2D eigenvalue weighted by Crippen LogP contribution is -2.58. The molecule has 0 spiro atoms. The van der Waals surface area contributed by atoms with E-state index in [0.717, 1.165) is 0 Å². The molecule has 0 saturated heterocycles. The maximum Gasteiger partial charge on any atom is 0.326 e. The van der Waals surface area contributed by atoms with Crippen molar-refractivity contribution in [3.8, 4) is 11.5 Å². The lowest BCUT2D eigenvalue weighted by Gasteiger charge is -2.26. The van der Waals surface area contributed by atoms with Gasteiger partial charge in [0.15, 0.2) is 0 Å². The number of hydrogen-bond donors (Lipinski definition) is 8. The number of phenolic OH excluding ortho intramolecular Hbond substituents is 2.